The van der Waals surface area contributed by atoms with Crippen molar-refractivity contribution in [3.8, 4) is 0 Å². The van der Waals surface area contributed by atoms with Gasteiger partial charge in [0.05, 0.1) is 12.6 Å². The molecule has 1 atom stereocenters. The average Bonchev–Trinajstić information content (AvgIpc) is 2.10. The molecule has 4 heteroatoms. The summed E-state index contributed by atoms with van der Waals surface area (Å²) in [6, 6.07) is 1.84. The first-order chi connectivity index (χ1) is 6.54. The van der Waals surface area contributed by atoms with Crippen LogP contribution in [0.4, 0.5) is 0 Å². The third-order valence-corrected chi connectivity index (χ3v) is 2.21. The molecule has 1 N–H and O–H groups in total. The van der Waals surface area contributed by atoms with Gasteiger partial charge in [-0.25, -0.2) is 4.79 Å². The number of rotatable bonds is 3. The van der Waals surface area contributed by atoms with E-state index in [1.165, 1.54) is 4.57 Å². The molecule has 4 nitrogen and oxygen atoms in total. The molecular weight excluding hydrogens is 180 g/mol. The van der Waals surface area contributed by atoms with Crippen molar-refractivity contribution >= 4 is 0 Å². The highest BCUT2D eigenvalue weighted by atomic mass is 16.3. The second kappa shape index (κ2) is 4.37. The monoisotopic (exact) mass is 196 g/mol. The van der Waals surface area contributed by atoms with Gasteiger partial charge in [-0.3, -0.25) is 4.57 Å². The van der Waals surface area contributed by atoms with Crippen LogP contribution in [-0.4, -0.2) is 20.8 Å². The van der Waals surface area contributed by atoms with E-state index in [1.54, 1.807) is 6.92 Å². The molecule has 0 saturated carbocycles. The van der Waals surface area contributed by atoms with E-state index in [-0.39, 0.29) is 5.69 Å². The molecule has 1 heterocycles. The molecule has 0 bridgehead atoms. The highest BCUT2D eigenvalue weighted by Crippen LogP contribution is 2.00. The van der Waals surface area contributed by atoms with Gasteiger partial charge < -0.3 is 5.11 Å². The Balaban J connectivity index is 3.03. The Morgan fingerprint density at radius 3 is 2.71 bits per heavy atom. The summed E-state index contributed by atoms with van der Waals surface area (Å²) in [5.74, 6) is 0. The molecule has 1 unspecified atom stereocenters. The molecule has 0 aliphatic rings. The first kappa shape index (κ1) is 10.9. The lowest BCUT2D eigenvalue weighted by molar-refractivity contribution is 0.147. The Hall–Kier alpha value is -1.16. The topological polar surface area (TPSA) is 55.1 Å². The van der Waals surface area contributed by atoms with Gasteiger partial charge in [0.25, 0.3) is 0 Å². The number of aliphatic hydroxyl groups is 1. The molecule has 1 aromatic rings. The zero-order valence-electron chi connectivity index (χ0n) is 8.82. The van der Waals surface area contributed by atoms with Gasteiger partial charge in [-0.2, -0.15) is 4.98 Å². The SMILES string of the molecule is CCC(O)Cn1c(C)cc(C)nc1=O. The fraction of sp³-hybridized carbons (Fsp3) is 0.600. The molecule has 78 valence electrons. The molecule has 0 amide bonds. The Bertz CT molecular complexity index is 371. The van der Waals surface area contributed by atoms with Gasteiger partial charge in [0, 0.05) is 11.4 Å². The van der Waals surface area contributed by atoms with Crippen LogP contribution < -0.4 is 5.69 Å². The van der Waals surface area contributed by atoms with E-state index in [9.17, 15) is 9.90 Å². The van der Waals surface area contributed by atoms with E-state index >= 15 is 0 Å². The summed E-state index contributed by atoms with van der Waals surface area (Å²) >= 11 is 0. The number of hydrogen-bond acceptors (Lipinski definition) is 3. The number of hydrogen-bond donors (Lipinski definition) is 1. The van der Waals surface area contributed by atoms with Crippen molar-refractivity contribution in [2.24, 2.45) is 0 Å². The summed E-state index contributed by atoms with van der Waals surface area (Å²) in [6.07, 6.45) is 0.163. The van der Waals surface area contributed by atoms with Gasteiger partial charge in [-0.1, -0.05) is 6.92 Å². The Morgan fingerprint density at radius 1 is 1.57 bits per heavy atom. The van der Waals surface area contributed by atoms with Crippen LogP contribution in [0.15, 0.2) is 10.9 Å². The van der Waals surface area contributed by atoms with E-state index < -0.39 is 6.10 Å². The van der Waals surface area contributed by atoms with Crippen molar-refractivity contribution < 1.29 is 5.11 Å². The minimum atomic E-state index is -0.476. The van der Waals surface area contributed by atoms with Crippen LogP contribution in [0, 0.1) is 13.8 Å². The van der Waals surface area contributed by atoms with Crippen molar-refractivity contribution in [1.29, 1.82) is 0 Å². The standard InChI is InChI=1S/C10H16N2O2/c1-4-9(13)6-12-8(3)5-7(2)11-10(12)14/h5,9,13H,4,6H2,1-3H3. The van der Waals surface area contributed by atoms with Gasteiger partial charge in [0.1, 0.15) is 0 Å². The minimum absolute atomic E-state index is 0.282. The third kappa shape index (κ3) is 2.42. The smallest absolute Gasteiger partial charge is 0.348 e. The van der Waals surface area contributed by atoms with E-state index in [1.807, 2.05) is 19.9 Å². The zero-order valence-corrected chi connectivity index (χ0v) is 8.82. The first-order valence-electron chi connectivity index (χ1n) is 4.77. The van der Waals surface area contributed by atoms with Crippen LogP contribution >= 0.6 is 0 Å². The second-order valence-corrected chi connectivity index (χ2v) is 3.49. The minimum Gasteiger partial charge on any atom is -0.391 e. The summed E-state index contributed by atoms with van der Waals surface area (Å²) in [6.45, 7) is 5.84. The van der Waals surface area contributed by atoms with Crippen molar-refractivity contribution in [2.75, 3.05) is 0 Å². The lowest BCUT2D eigenvalue weighted by Gasteiger charge is -2.12. The Kier molecular flexibility index (Phi) is 3.41. The average molecular weight is 196 g/mol. The molecule has 0 spiro atoms. The van der Waals surface area contributed by atoms with E-state index in [2.05, 4.69) is 4.98 Å². The van der Waals surface area contributed by atoms with Crippen molar-refractivity contribution in [1.82, 2.24) is 9.55 Å². The van der Waals surface area contributed by atoms with Gasteiger partial charge in [0.15, 0.2) is 0 Å². The highest BCUT2D eigenvalue weighted by molar-refractivity contribution is 5.06. The van der Waals surface area contributed by atoms with Gasteiger partial charge in [-0.05, 0) is 26.3 Å². The molecule has 0 aliphatic carbocycles. The number of aryl methyl sites for hydroxylation is 2. The second-order valence-electron chi connectivity index (χ2n) is 3.49. The van der Waals surface area contributed by atoms with Crippen LogP contribution in [0.1, 0.15) is 24.7 Å². The molecule has 1 rings (SSSR count). The molecule has 0 radical (unpaired) electrons. The largest absolute Gasteiger partial charge is 0.391 e. The highest BCUT2D eigenvalue weighted by Gasteiger charge is 2.07. The molecule has 14 heavy (non-hydrogen) atoms. The van der Waals surface area contributed by atoms with Crippen molar-refractivity contribution in [3.05, 3.63) is 27.9 Å². The van der Waals surface area contributed by atoms with Crippen molar-refractivity contribution in [2.45, 2.75) is 39.8 Å². The summed E-state index contributed by atoms with van der Waals surface area (Å²) in [4.78, 5) is 15.3. The predicted molar refractivity (Wildman–Crippen MR) is 54.3 cm³/mol. The maximum atomic E-state index is 11.5. The summed E-state index contributed by atoms with van der Waals surface area (Å²) in [5.41, 5.74) is 1.28. The lowest BCUT2D eigenvalue weighted by atomic mass is 10.2. The van der Waals surface area contributed by atoms with Gasteiger partial charge >= 0.3 is 5.69 Å². The maximum absolute atomic E-state index is 11.5. The van der Waals surface area contributed by atoms with Crippen LogP contribution in [-0.2, 0) is 6.54 Å². The maximum Gasteiger partial charge on any atom is 0.348 e. The lowest BCUT2D eigenvalue weighted by Crippen LogP contribution is -2.30. The van der Waals surface area contributed by atoms with Crippen molar-refractivity contribution in [3.63, 3.8) is 0 Å². The molecular formula is C10H16N2O2. The Morgan fingerprint density at radius 2 is 2.21 bits per heavy atom. The van der Waals surface area contributed by atoms with Gasteiger partial charge in [-0.15, -0.1) is 0 Å². The first-order valence-corrected chi connectivity index (χ1v) is 4.77. The van der Waals surface area contributed by atoms with Crippen LogP contribution in [0.5, 0.6) is 0 Å². The molecule has 0 aromatic carbocycles. The Labute approximate surface area is 83.2 Å². The number of nitrogens with zero attached hydrogens (tertiary/aromatic N) is 2. The van der Waals surface area contributed by atoms with E-state index in [0.29, 0.717) is 13.0 Å². The number of aromatic nitrogens is 2. The summed E-state index contributed by atoms with van der Waals surface area (Å²) in [5, 5.41) is 9.44. The zero-order chi connectivity index (χ0) is 10.7. The van der Waals surface area contributed by atoms with Gasteiger partial charge in [0.2, 0.25) is 0 Å². The van der Waals surface area contributed by atoms with E-state index in [0.717, 1.165) is 11.4 Å². The fourth-order valence-electron chi connectivity index (χ4n) is 1.34. The molecule has 0 saturated heterocycles. The normalized spacial score (nSPS) is 12.9. The number of aliphatic hydroxyl groups excluding tert-OH is 1. The summed E-state index contributed by atoms with van der Waals surface area (Å²) < 4.78 is 1.50. The van der Waals surface area contributed by atoms with Crippen LogP contribution in [0.2, 0.25) is 0 Å². The molecule has 0 fully saturated rings. The predicted octanol–water partition coefficient (Wildman–Crippen LogP) is 0.631. The third-order valence-electron chi connectivity index (χ3n) is 2.21. The fourth-order valence-corrected chi connectivity index (χ4v) is 1.34. The molecule has 0 aliphatic heterocycles. The quantitative estimate of drug-likeness (QED) is 0.771. The molecule has 1 aromatic heterocycles. The summed E-state index contributed by atoms with van der Waals surface area (Å²) in [7, 11) is 0. The van der Waals surface area contributed by atoms with E-state index in [4.69, 9.17) is 0 Å². The van der Waals surface area contributed by atoms with Crippen LogP contribution in [0.25, 0.3) is 0 Å². The van der Waals surface area contributed by atoms with Crippen LogP contribution in [0.3, 0.4) is 0 Å².